The molecule has 2 aromatic heterocycles. The Labute approximate surface area is 151 Å². The van der Waals surface area contributed by atoms with E-state index in [0.29, 0.717) is 0 Å². The van der Waals surface area contributed by atoms with Gasteiger partial charge in [-0.15, -0.1) is 0 Å². The second-order valence-corrected chi connectivity index (χ2v) is 5.35. The highest BCUT2D eigenvalue weighted by Crippen LogP contribution is 2.33. The van der Waals surface area contributed by atoms with Crippen molar-refractivity contribution in [2.75, 3.05) is 13.7 Å². The molecule has 0 radical (unpaired) electrons. The Morgan fingerprint density at radius 3 is 2.52 bits per heavy atom. The number of hydrogen-bond donors (Lipinski definition) is 2. The third-order valence-corrected chi connectivity index (χ3v) is 3.66. The average molecular weight is 374 g/mol. The predicted octanol–water partition coefficient (Wildman–Crippen LogP) is 2.43. The van der Waals surface area contributed by atoms with Crippen molar-refractivity contribution in [3.8, 4) is 22.8 Å². The molecular weight excluding hydrogens is 360 g/mol. The molecule has 0 amide bonds. The number of hydrogen-bond acceptors (Lipinski definition) is 9. The van der Waals surface area contributed by atoms with Gasteiger partial charge in [-0.1, -0.05) is 0 Å². The summed E-state index contributed by atoms with van der Waals surface area (Å²) in [5.74, 6) is -3.49. The largest absolute Gasteiger partial charge is 0.508 e. The first-order valence-corrected chi connectivity index (χ1v) is 7.75. The number of carbonyl (C=O) groups is 2. The Kier molecular flexibility index (Phi) is 4.59. The highest BCUT2D eigenvalue weighted by Gasteiger charge is 2.27. The van der Waals surface area contributed by atoms with Gasteiger partial charge in [-0.2, -0.15) is 0 Å². The molecule has 0 saturated heterocycles. The first kappa shape index (κ1) is 18.1. The van der Waals surface area contributed by atoms with Gasteiger partial charge in [0.25, 0.3) is 0 Å². The summed E-state index contributed by atoms with van der Waals surface area (Å²) in [5, 5.41) is 19.4. The van der Waals surface area contributed by atoms with Gasteiger partial charge in [0.05, 0.1) is 13.7 Å². The molecule has 0 aliphatic heterocycles. The number of esters is 2. The van der Waals surface area contributed by atoms with E-state index in [2.05, 4.69) is 4.74 Å². The Morgan fingerprint density at radius 1 is 1.11 bits per heavy atom. The van der Waals surface area contributed by atoms with Crippen molar-refractivity contribution in [3.63, 3.8) is 0 Å². The van der Waals surface area contributed by atoms with Crippen LogP contribution in [0.15, 0.2) is 37.9 Å². The Morgan fingerprint density at radius 2 is 1.85 bits per heavy atom. The van der Waals surface area contributed by atoms with Crippen molar-refractivity contribution in [1.29, 1.82) is 0 Å². The van der Waals surface area contributed by atoms with Gasteiger partial charge in [0.1, 0.15) is 33.8 Å². The zero-order valence-corrected chi connectivity index (χ0v) is 14.3. The van der Waals surface area contributed by atoms with Crippen molar-refractivity contribution in [2.45, 2.75) is 6.92 Å². The number of furan rings is 1. The molecule has 0 unspecified atom stereocenters. The van der Waals surface area contributed by atoms with Crippen LogP contribution >= 0.6 is 0 Å². The lowest BCUT2D eigenvalue weighted by Gasteiger charge is -2.09. The molecule has 0 aliphatic carbocycles. The van der Waals surface area contributed by atoms with Crippen LogP contribution in [0.2, 0.25) is 0 Å². The molecule has 0 fully saturated rings. The van der Waals surface area contributed by atoms with Crippen molar-refractivity contribution < 1.29 is 38.1 Å². The zero-order chi connectivity index (χ0) is 19.7. The van der Waals surface area contributed by atoms with Gasteiger partial charge in [0, 0.05) is 12.1 Å². The number of rotatable bonds is 4. The first-order chi connectivity index (χ1) is 12.9. The first-order valence-electron chi connectivity index (χ1n) is 7.75. The standard InChI is InChI=1S/C18H14O9/c1-3-25-18(23)16-14(10-4-5-11(26-10)17(22)24-2)15(21)13-9(20)6-8(19)7-12(13)27-16/h4-7,19-20H,3H2,1-2H3. The average Bonchev–Trinajstić information content (AvgIpc) is 3.09. The SMILES string of the molecule is CCOC(=O)c1oc2cc(O)cc(O)c2c(=O)c1-c1ccc(C(=O)OC)o1. The van der Waals surface area contributed by atoms with Gasteiger partial charge < -0.3 is 28.5 Å². The van der Waals surface area contributed by atoms with Crippen LogP contribution in [0.3, 0.4) is 0 Å². The second-order valence-electron chi connectivity index (χ2n) is 5.35. The maximum atomic E-state index is 13.0. The van der Waals surface area contributed by atoms with Crippen LogP contribution in [-0.2, 0) is 9.47 Å². The molecule has 9 heteroatoms. The van der Waals surface area contributed by atoms with Gasteiger partial charge in [0.15, 0.2) is 0 Å². The molecule has 1 aromatic carbocycles. The maximum Gasteiger partial charge on any atom is 0.375 e. The molecule has 0 atom stereocenters. The van der Waals surface area contributed by atoms with Crippen LogP contribution in [0.1, 0.15) is 28.0 Å². The van der Waals surface area contributed by atoms with E-state index in [1.165, 1.54) is 12.1 Å². The quantitative estimate of drug-likeness (QED) is 0.660. The number of carbonyl (C=O) groups excluding carboxylic acids is 2. The lowest BCUT2D eigenvalue weighted by atomic mass is 10.1. The minimum Gasteiger partial charge on any atom is -0.508 e. The number of phenolic OH excluding ortho intramolecular Hbond substituents is 2. The summed E-state index contributed by atoms with van der Waals surface area (Å²) in [6, 6.07) is 4.57. The van der Waals surface area contributed by atoms with Crippen LogP contribution in [0.4, 0.5) is 0 Å². The smallest absolute Gasteiger partial charge is 0.375 e. The molecule has 2 N–H and O–H groups in total. The normalized spacial score (nSPS) is 10.7. The van der Waals surface area contributed by atoms with Gasteiger partial charge in [-0.25, -0.2) is 9.59 Å². The van der Waals surface area contributed by atoms with E-state index in [9.17, 15) is 24.6 Å². The summed E-state index contributed by atoms with van der Waals surface area (Å²) in [4.78, 5) is 36.8. The van der Waals surface area contributed by atoms with E-state index in [4.69, 9.17) is 13.6 Å². The summed E-state index contributed by atoms with van der Waals surface area (Å²) >= 11 is 0. The van der Waals surface area contributed by atoms with Crippen LogP contribution < -0.4 is 5.43 Å². The summed E-state index contributed by atoms with van der Waals surface area (Å²) in [6.07, 6.45) is 0. The van der Waals surface area contributed by atoms with Gasteiger partial charge >= 0.3 is 11.9 Å². The lowest BCUT2D eigenvalue weighted by molar-refractivity contribution is 0.0491. The summed E-state index contributed by atoms with van der Waals surface area (Å²) in [6.45, 7) is 1.58. The number of phenols is 2. The van der Waals surface area contributed by atoms with Crippen LogP contribution in [0.5, 0.6) is 11.5 Å². The molecular formula is C18H14O9. The number of methoxy groups -OCH3 is 1. The fraction of sp³-hybridized carbons (Fsp3) is 0.167. The van der Waals surface area contributed by atoms with E-state index in [1.807, 2.05) is 0 Å². The molecule has 0 saturated carbocycles. The maximum absolute atomic E-state index is 13.0. The topological polar surface area (TPSA) is 136 Å². The Bertz CT molecular complexity index is 1100. The predicted molar refractivity (Wildman–Crippen MR) is 90.8 cm³/mol. The third kappa shape index (κ3) is 3.10. The molecule has 0 spiro atoms. The molecule has 0 aliphatic rings. The molecule has 0 bridgehead atoms. The van der Waals surface area contributed by atoms with Gasteiger partial charge in [-0.05, 0) is 19.1 Å². The summed E-state index contributed by atoms with van der Waals surface area (Å²) < 4.78 is 20.2. The minimum absolute atomic E-state index is 0.0108. The van der Waals surface area contributed by atoms with E-state index in [1.54, 1.807) is 6.92 Å². The molecule has 2 heterocycles. The fourth-order valence-electron chi connectivity index (χ4n) is 2.53. The number of aromatic hydroxyl groups is 2. The highest BCUT2D eigenvalue weighted by molar-refractivity contribution is 5.98. The van der Waals surface area contributed by atoms with Crippen molar-refractivity contribution in [1.82, 2.24) is 0 Å². The monoisotopic (exact) mass is 374 g/mol. The molecule has 27 heavy (non-hydrogen) atoms. The van der Waals surface area contributed by atoms with E-state index in [-0.39, 0.29) is 40.4 Å². The number of benzene rings is 1. The van der Waals surface area contributed by atoms with Gasteiger partial charge in [0.2, 0.25) is 16.9 Å². The fourth-order valence-corrected chi connectivity index (χ4v) is 2.53. The van der Waals surface area contributed by atoms with Crippen molar-refractivity contribution >= 4 is 22.9 Å². The molecule has 3 aromatic rings. The zero-order valence-electron chi connectivity index (χ0n) is 14.3. The summed E-state index contributed by atoms with van der Waals surface area (Å²) in [7, 11) is 1.16. The highest BCUT2D eigenvalue weighted by atomic mass is 16.5. The van der Waals surface area contributed by atoms with E-state index in [0.717, 1.165) is 19.2 Å². The lowest BCUT2D eigenvalue weighted by Crippen LogP contribution is -2.15. The van der Waals surface area contributed by atoms with E-state index < -0.39 is 28.9 Å². The number of ether oxygens (including phenoxy) is 2. The van der Waals surface area contributed by atoms with Crippen LogP contribution in [0, 0.1) is 0 Å². The van der Waals surface area contributed by atoms with Crippen LogP contribution in [-0.4, -0.2) is 35.9 Å². The van der Waals surface area contributed by atoms with Crippen LogP contribution in [0.25, 0.3) is 22.3 Å². The Hall–Kier alpha value is -3.75. The third-order valence-electron chi connectivity index (χ3n) is 3.66. The molecule has 9 nitrogen and oxygen atoms in total. The van der Waals surface area contributed by atoms with Gasteiger partial charge in [-0.3, -0.25) is 4.79 Å². The second kappa shape index (κ2) is 6.87. The van der Waals surface area contributed by atoms with Crippen molar-refractivity contribution in [3.05, 3.63) is 46.0 Å². The molecule has 140 valence electrons. The summed E-state index contributed by atoms with van der Waals surface area (Å²) in [5.41, 5.74) is -1.36. The van der Waals surface area contributed by atoms with E-state index >= 15 is 0 Å². The van der Waals surface area contributed by atoms with Crippen molar-refractivity contribution in [2.24, 2.45) is 0 Å². The molecule has 3 rings (SSSR count). The Balaban J connectivity index is 2.35. The number of fused-ring (bicyclic) bond motifs is 1. The minimum atomic E-state index is -0.953.